The van der Waals surface area contributed by atoms with Crippen LogP contribution >= 0.6 is 0 Å². The average Bonchev–Trinajstić information content (AvgIpc) is 2.70. The maximum atomic E-state index is 11.4. The van der Waals surface area contributed by atoms with Gasteiger partial charge in [0.2, 0.25) is 10.0 Å². The molecule has 0 fully saturated rings. The van der Waals surface area contributed by atoms with Crippen LogP contribution in [-0.2, 0) is 10.0 Å². The number of hydrogen-bond acceptors (Lipinski definition) is 5. The van der Waals surface area contributed by atoms with E-state index in [9.17, 15) is 8.42 Å². The van der Waals surface area contributed by atoms with Crippen LogP contribution in [0.4, 0.5) is 22.7 Å². The van der Waals surface area contributed by atoms with Crippen molar-refractivity contribution in [3.8, 4) is 0 Å². The van der Waals surface area contributed by atoms with E-state index in [4.69, 9.17) is 4.98 Å². The minimum atomic E-state index is -3.31. The molecule has 0 aliphatic rings. The number of benzene rings is 3. The first-order valence-electron chi connectivity index (χ1n) is 9.61. The number of anilines is 4. The first-order chi connectivity index (χ1) is 14.2. The summed E-state index contributed by atoms with van der Waals surface area (Å²) in [5.41, 5.74) is 7.58. The Morgan fingerprint density at radius 2 is 1.47 bits per heavy atom. The van der Waals surface area contributed by atoms with E-state index >= 15 is 0 Å². The summed E-state index contributed by atoms with van der Waals surface area (Å²) < 4.78 is 25.4. The zero-order valence-electron chi connectivity index (χ0n) is 17.4. The van der Waals surface area contributed by atoms with Crippen LogP contribution in [-0.4, -0.2) is 26.7 Å². The molecule has 4 aromatic rings. The third-order valence-corrected chi connectivity index (χ3v) is 5.82. The van der Waals surface area contributed by atoms with Crippen molar-refractivity contribution in [2.24, 2.45) is 0 Å². The van der Waals surface area contributed by atoms with Crippen molar-refractivity contribution in [1.82, 2.24) is 4.98 Å². The van der Waals surface area contributed by atoms with Crippen molar-refractivity contribution in [3.05, 3.63) is 65.7 Å². The number of nitrogens with zero attached hydrogens (tertiary/aromatic N) is 1. The van der Waals surface area contributed by atoms with Crippen molar-refractivity contribution >= 4 is 54.6 Å². The fourth-order valence-corrected chi connectivity index (χ4v) is 4.08. The lowest BCUT2D eigenvalue weighted by Gasteiger charge is -2.16. The van der Waals surface area contributed by atoms with E-state index in [1.54, 1.807) is 12.1 Å². The summed E-state index contributed by atoms with van der Waals surface area (Å²) in [6, 6.07) is 17.5. The zero-order valence-corrected chi connectivity index (χ0v) is 18.2. The standard InChI is InChI=1S/C23H24N4O2S/c1-14-5-11-20-22(15(14)2)26-21-13-18(24-3)10-12-19(21)23(20)25-16-6-8-17(9-7-16)27-30(4,28)29/h5-13,24,27H,1-4H3,(H,25,26). The third-order valence-electron chi connectivity index (χ3n) is 5.22. The number of nitrogens with one attached hydrogen (secondary N) is 3. The Bertz CT molecular complexity index is 1360. The topological polar surface area (TPSA) is 83.1 Å². The Morgan fingerprint density at radius 3 is 2.13 bits per heavy atom. The molecule has 0 atom stereocenters. The van der Waals surface area contributed by atoms with E-state index in [2.05, 4.69) is 47.4 Å². The monoisotopic (exact) mass is 420 g/mol. The highest BCUT2D eigenvalue weighted by Gasteiger charge is 2.13. The second-order valence-electron chi connectivity index (χ2n) is 7.45. The van der Waals surface area contributed by atoms with E-state index in [1.807, 2.05) is 31.3 Å². The molecular weight excluding hydrogens is 396 g/mol. The summed E-state index contributed by atoms with van der Waals surface area (Å²) in [7, 11) is -1.41. The maximum Gasteiger partial charge on any atom is 0.229 e. The first-order valence-corrected chi connectivity index (χ1v) is 11.5. The largest absolute Gasteiger partial charge is 0.388 e. The summed E-state index contributed by atoms with van der Waals surface area (Å²) in [5.74, 6) is 0. The molecule has 7 heteroatoms. The minimum absolute atomic E-state index is 0.526. The molecule has 0 saturated heterocycles. The van der Waals surface area contributed by atoms with Gasteiger partial charge < -0.3 is 10.6 Å². The van der Waals surface area contributed by atoms with Gasteiger partial charge >= 0.3 is 0 Å². The molecule has 0 aliphatic heterocycles. The normalized spacial score (nSPS) is 11.6. The molecule has 0 saturated carbocycles. The molecule has 154 valence electrons. The average molecular weight is 421 g/mol. The molecule has 3 N–H and O–H groups in total. The Hall–Kier alpha value is -3.32. The molecule has 0 radical (unpaired) electrons. The van der Waals surface area contributed by atoms with E-state index in [0.29, 0.717) is 5.69 Å². The van der Waals surface area contributed by atoms with Gasteiger partial charge in [0.05, 0.1) is 23.0 Å². The number of hydrogen-bond donors (Lipinski definition) is 3. The molecule has 0 aliphatic carbocycles. The van der Waals surface area contributed by atoms with Crippen LogP contribution < -0.4 is 15.4 Å². The fraction of sp³-hybridized carbons (Fsp3) is 0.174. The highest BCUT2D eigenvalue weighted by atomic mass is 32.2. The fourth-order valence-electron chi connectivity index (χ4n) is 3.52. The van der Waals surface area contributed by atoms with Crippen molar-refractivity contribution in [3.63, 3.8) is 0 Å². The van der Waals surface area contributed by atoms with Crippen molar-refractivity contribution in [2.45, 2.75) is 13.8 Å². The van der Waals surface area contributed by atoms with Crippen molar-refractivity contribution in [1.29, 1.82) is 0 Å². The Kier molecular flexibility index (Phi) is 4.99. The van der Waals surface area contributed by atoms with Gasteiger partial charge in [0, 0.05) is 34.9 Å². The lowest BCUT2D eigenvalue weighted by Crippen LogP contribution is -2.09. The lowest BCUT2D eigenvalue weighted by molar-refractivity contribution is 0.607. The van der Waals surface area contributed by atoms with E-state index in [-0.39, 0.29) is 0 Å². The molecule has 0 amide bonds. The molecule has 1 aromatic heterocycles. The molecule has 3 aromatic carbocycles. The van der Waals surface area contributed by atoms with Gasteiger partial charge in [-0.05, 0) is 67.4 Å². The second-order valence-corrected chi connectivity index (χ2v) is 9.20. The van der Waals surface area contributed by atoms with Gasteiger partial charge in [0.1, 0.15) is 0 Å². The molecule has 6 nitrogen and oxygen atoms in total. The van der Waals surface area contributed by atoms with E-state index < -0.39 is 10.0 Å². The van der Waals surface area contributed by atoms with Gasteiger partial charge in [-0.1, -0.05) is 12.1 Å². The van der Waals surface area contributed by atoms with E-state index in [0.717, 1.165) is 50.7 Å². The van der Waals surface area contributed by atoms with Crippen LogP contribution in [0.25, 0.3) is 21.8 Å². The molecule has 1 heterocycles. The van der Waals surface area contributed by atoms with Crippen LogP contribution in [0, 0.1) is 13.8 Å². The van der Waals surface area contributed by atoms with Crippen LogP contribution in [0.15, 0.2) is 54.6 Å². The summed E-state index contributed by atoms with van der Waals surface area (Å²) >= 11 is 0. The van der Waals surface area contributed by atoms with Gasteiger partial charge in [-0.15, -0.1) is 0 Å². The second kappa shape index (κ2) is 7.50. The summed E-state index contributed by atoms with van der Waals surface area (Å²) in [5, 5.41) is 8.76. The van der Waals surface area contributed by atoms with Crippen LogP contribution in [0.3, 0.4) is 0 Å². The van der Waals surface area contributed by atoms with Crippen molar-refractivity contribution < 1.29 is 8.42 Å². The van der Waals surface area contributed by atoms with Gasteiger partial charge in [0.25, 0.3) is 0 Å². The third kappa shape index (κ3) is 3.89. The molecular formula is C23H24N4O2S. The smallest absolute Gasteiger partial charge is 0.229 e. The quantitative estimate of drug-likeness (QED) is 0.388. The predicted molar refractivity (Wildman–Crippen MR) is 126 cm³/mol. The Balaban J connectivity index is 1.86. The van der Waals surface area contributed by atoms with Crippen LogP contribution in [0.5, 0.6) is 0 Å². The molecule has 0 unspecified atom stereocenters. The zero-order chi connectivity index (χ0) is 21.5. The van der Waals surface area contributed by atoms with E-state index in [1.165, 1.54) is 5.56 Å². The first kappa shape index (κ1) is 20.0. The number of aryl methyl sites for hydroxylation is 2. The van der Waals surface area contributed by atoms with Gasteiger partial charge in [0.15, 0.2) is 0 Å². The number of fused-ring (bicyclic) bond motifs is 2. The van der Waals surface area contributed by atoms with Crippen LogP contribution in [0.2, 0.25) is 0 Å². The van der Waals surface area contributed by atoms with Gasteiger partial charge in [-0.3, -0.25) is 4.72 Å². The number of aromatic nitrogens is 1. The van der Waals surface area contributed by atoms with Crippen molar-refractivity contribution in [2.75, 3.05) is 28.7 Å². The highest BCUT2D eigenvalue weighted by molar-refractivity contribution is 7.92. The highest BCUT2D eigenvalue weighted by Crippen LogP contribution is 2.36. The van der Waals surface area contributed by atoms with Gasteiger partial charge in [-0.2, -0.15) is 0 Å². The SMILES string of the molecule is CNc1ccc2c(Nc3ccc(NS(C)(=O)=O)cc3)c3ccc(C)c(C)c3nc2c1. The molecule has 0 spiro atoms. The van der Waals surface area contributed by atoms with Crippen LogP contribution in [0.1, 0.15) is 11.1 Å². The Labute approximate surface area is 176 Å². The summed E-state index contributed by atoms with van der Waals surface area (Å²) in [6.45, 7) is 4.18. The molecule has 30 heavy (non-hydrogen) atoms. The molecule has 0 bridgehead atoms. The summed E-state index contributed by atoms with van der Waals surface area (Å²) in [6.07, 6.45) is 1.14. The lowest BCUT2D eigenvalue weighted by atomic mass is 10.0. The number of sulfonamides is 1. The molecule has 4 rings (SSSR count). The minimum Gasteiger partial charge on any atom is -0.388 e. The Morgan fingerprint density at radius 1 is 0.833 bits per heavy atom. The van der Waals surface area contributed by atoms with Gasteiger partial charge in [-0.25, -0.2) is 13.4 Å². The number of pyridine rings is 1. The maximum absolute atomic E-state index is 11.4. The number of rotatable bonds is 5. The summed E-state index contributed by atoms with van der Waals surface area (Å²) in [4.78, 5) is 4.95. The predicted octanol–water partition coefficient (Wildman–Crippen LogP) is 5.16.